The summed E-state index contributed by atoms with van der Waals surface area (Å²) in [5.41, 5.74) is 1.06. The molecule has 0 spiro atoms. The van der Waals surface area contributed by atoms with Gasteiger partial charge in [-0.25, -0.2) is 4.79 Å². The number of carbonyl (C=O) groups is 1. The fourth-order valence-electron chi connectivity index (χ4n) is 2.05. The van der Waals surface area contributed by atoms with Gasteiger partial charge in [0.15, 0.2) is 0 Å². The van der Waals surface area contributed by atoms with Crippen LogP contribution in [0.5, 0.6) is 17.2 Å². The highest BCUT2D eigenvalue weighted by molar-refractivity contribution is 5.90. The van der Waals surface area contributed by atoms with Gasteiger partial charge in [-0.1, -0.05) is 12.7 Å². The summed E-state index contributed by atoms with van der Waals surface area (Å²) < 4.78 is 16.1. The van der Waals surface area contributed by atoms with Crippen LogP contribution in [0.15, 0.2) is 84.7 Å². The standard InChI is InChI=1S/C22H22O5/c1-4-19(27-22(24)17-6-8-18(23)9-7-17)10-5-16(2)15-26-21-13-11-20(25-3)12-14-21/h4-14,23H,2,15H2,1,3H3/b10-5-,19-4+. The number of phenols is 1. The van der Waals surface area contributed by atoms with Gasteiger partial charge in [0.1, 0.15) is 29.6 Å². The molecule has 0 aliphatic heterocycles. The van der Waals surface area contributed by atoms with Gasteiger partial charge in [0.2, 0.25) is 0 Å². The molecule has 0 heterocycles. The first-order valence-corrected chi connectivity index (χ1v) is 8.32. The van der Waals surface area contributed by atoms with Crippen LogP contribution in [0, 0.1) is 0 Å². The topological polar surface area (TPSA) is 65.0 Å². The van der Waals surface area contributed by atoms with E-state index in [1.807, 2.05) is 24.3 Å². The van der Waals surface area contributed by atoms with Gasteiger partial charge < -0.3 is 19.3 Å². The van der Waals surface area contributed by atoms with E-state index in [-0.39, 0.29) is 5.75 Å². The van der Waals surface area contributed by atoms with E-state index in [2.05, 4.69) is 6.58 Å². The fourth-order valence-corrected chi connectivity index (χ4v) is 2.05. The number of benzene rings is 2. The lowest BCUT2D eigenvalue weighted by Gasteiger charge is -2.08. The van der Waals surface area contributed by atoms with E-state index >= 15 is 0 Å². The molecule has 0 aliphatic rings. The maximum Gasteiger partial charge on any atom is 0.343 e. The number of rotatable bonds is 8. The van der Waals surface area contributed by atoms with Crippen LogP contribution < -0.4 is 9.47 Å². The van der Waals surface area contributed by atoms with Gasteiger partial charge in [0, 0.05) is 0 Å². The number of carbonyl (C=O) groups excluding carboxylic acids is 1. The van der Waals surface area contributed by atoms with E-state index in [1.54, 1.807) is 32.3 Å². The molecule has 0 aliphatic carbocycles. The average molecular weight is 366 g/mol. The highest BCUT2D eigenvalue weighted by atomic mass is 16.5. The van der Waals surface area contributed by atoms with E-state index in [4.69, 9.17) is 14.2 Å². The van der Waals surface area contributed by atoms with Crippen LogP contribution in [-0.4, -0.2) is 24.8 Å². The predicted octanol–water partition coefficient (Wildman–Crippen LogP) is 4.65. The summed E-state index contributed by atoms with van der Waals surface area (Å²) in [6.45, 7) is 5.99. The highest BCUT2D eigenvalue weighted by Crippen LogP contribution is 2.18. The molecule has 0 unspecified atom stereocenters. The molecule has 0 fully saturated rings. The molecule has 0 amide bonds. The van der Waals surface area contributed by atoms with Crippen molar-refractivity contribution in [1.82, 2.24) is 0 Å². The lowest BCUT2D eigenvalue weighted by atomic mass is 10.2. The Hall–Kier alpha value is -3.47. The predicted molar refractivity (Wildman–Crippen MR) is 104 cm³/mol. The molecular formula is C22H22O5. The molecule has 0 saturated carbocycles. The van der Waals surface area contributed by atoms with Crippen molar-refractivity contribution >= 4 is 5.97 Å². The van der Waals surface area contributed by atoms with Crippen LogP contribution in [0.3, 0.4) is 0 Å². The molecule has 1 N–H and O–H groups in total. The summed E-state index contributed by atoms with van der Waals surface area (Å²) in [6.07, 6.45) is 5.05. The maximum atomic E-state index is 12.1. The highest BCUT2D eigenvalue weighted by Gasteiger charge is 2.08. The molecule has 0 atom stereocenters. The SMILES string of the molecule is C=C(/C=C\C(=C/C)OC(=O)c1ccc(O)cc1)COc1ccc(OC)cc1. The molecule has 5 nitrogen and oxygen atoms in total. The lowest BCUT2D eigenvalue weighted by Crippen LogP contribution is -2.04. The lowest BCUT2D eigenvalue weighted by molar-refractivity contribution is 0.0636. The normalized spacial score (nSPS) is 11.3. The molecule has 0 radical (unpaired) electrons. The second-order valence-electron chi connectivity index (χ2n) is 5.58. The van der Waals surface area contributed by atoms with Crippen molar-refractivity contribution < 1.29 is 24.1 Å². The van der Waals surface area contributed by atoms with Crippen molar-refractivity contribution in [3.63, 3.8) is 0 Å². The van der Waals surface area contributed by atoms with Crippen LogP contribution in [-0.2, 0) is 4.74 Å². The summed E-state index contributed by atoms with van der Waals surface area (Å²) in [5.74, 6) is 1.43. The summed E-state index contributed by atoms with van der Waals surface area (Å²) >= 11 is 0. The number of ether oxygens (including phenoxy) is 3. The largest absolute Gasteiger partial charge is 0.508 e. The maximum absolute atomic E-state index is 12.1. The van der Waals surface area contributed by atoms with Crippen molar-refractivity contribution in [3.8, 4) is 17.2 Å². The summed E-state index contributed by atoms with van der Waals surface area (Å²) in [5, 5.41) is 9.27. The minimum Gasteiger partial charge on any atom is -0.508 e. The summed E-state index contributed by atoms with van der Waals surface area (Å²) in [4.78, 5) is 12.1. The van der Waals surface area contributed by atoms with E-state index in [0.717, 1.165) is 5.75 Å². The number of esters is 1. The fraction of sp³-hybridized carbons (Fsp3) is 0.136. The average Bonchev–Trinajstić information content (AvgIpc) is 2.70. The Bertz CT molecular complexity index is 830. The molecule has 0 saturated heterocycles. The first-order valence-electron chi connectivity index (χ1n) is 8.32. The molecule has 0 aromatic heterocycles. The minimum atomic E-state index is -0.507. The summed E-state index contributed by atoms with van der Waals surface area (Å²) in [7, 11) is 1.61. The quantitative estimate of drug-likeness (QED) is 0.418. The van der Waals surface area contributed by atoms with Gasteiger partial charge in [-0.15, -0.1) is 0 Å². The second kappa shape index (κ2) is 9.87. The zero-order chi connectivity index (χ0) is 19.6. The molecule has 5 heteroatoms. The van der Waals surface area contributed by atoms with Gasteiger partial charge in [-0.3, -0.25) is 0 Å². The van der Waals surface area contributed by atoms with Crippen LogP contribution >= 0.6 is 0 Å². The van der Waals surface area contributed by atoms with Crippen molar-refractivity contribution in [1.29, 1.82) is 0 Å². The Labute approximate surface area is 158 Å². The number of phenolic OH excluding ortho intramolecular Hbond substituents is 1. The molecule has 2 aromatic carbocycles. The van der Waals surface area contributed by atoms with Crippen LogP contribution in [0.4, 0.5) is 0 Å². The number of methoxy groups -OCH3 is 1. The Balaban J connectivity index is 1.86. The van der Waals surface area contributed by atoms with Gasteiger partial charge in [0.05, 0.1) is 12.7 Å². The van der Waals surface area contributed by atoms with E-state index in [0.29, 0.717) is 29.3 Å². The zero-order valence-corrected chi connectivity index (χ0v) is 15.3. The van der Waals surface area contributed by atoms with Crippen LogP contribution in [0.25, 0.3) is 0 Å². The van der Waals surface area contributed by atoms with E-state index < -0.39 is 5.97 Å². The monoisotopic (exact) mass is 366 g/mol. The number of allylic oxidation sites excluding steroid dienone is 2. The third-order valence-electron chi connectivity index (χ3n) is 3.57. The first kappa shape index (κ1) is 19.8. The number of aromatic hydroxyl groups is 1. The zero-order valence-electron chi connectivity index (χ0n) is 15.3. The van der Waals surface area contributed by atoms with E-state index in [9.17, 15) is 9.90 Å². The van der Waals surface area contributed by atoms with Crippen LogP contribution in [0.1, 0.15) is 17.3 Å². The Kier molecular flexibility index (Phi) is 7.26. The third-order valence-corrected chi connectivity index (χ3v) is 3.57. The molecular weight excluding hydrogens is 344 g/mol. The molecule has 27 heavy (non-hydrogen) atoms. The van der Waals surface area contributed by atoms with Gasteiger partial charge >= 0.3 is 5.97 Å². The van der Waals surface area contributed by atoms with Crippen molar-refractivity contribution in [3.05, 3.63) is 90.2 Å². The van der Waals surface area contributed by atoms with Gasteiger partial charge in [-0.2, -0.15) is 0 Å². The molecule has 2 aromatic rings. The molecule has 140 valence electrons. The van der Waals surface area contributed by atoms with Crippen molar-refractivity contribution in [2.24, 2.45) is 0 Å². The number of hydrogen-bond donors (Lipinski definition) is 1. The molecule has 2 rings (SSSR count). The first-order chi connectivity index (χ1) is 13.0. The Morgan fingerprint density at radius 1 is 1.04 bits per heavy atom. The van der Waals surface area contributed by atoms with Gasteiger partial charge in [0.25, 0.3) is 0 Å². The number of hydrogen-bond acceptors (Lipinski definition) is 5. The second-order valence-corrected chi connectivity index (χ2v) is 5.58. The summed E-state index contributed by atoms with van der Waals surface area (Å²) in [6, 6.07) is 13.1. The third kappa shape index (κ3) is 6.40. The Morgan fingerprint density at radius 3 is 2.26 bits per heavy atom. The van der Waals surface area contributed by atoms with Crippen molar-refractivity contribution in [2.75, 3.05) is 13.7 Å². The van der Waals surface area contributed by atoms with Crippen molar-refractivity contribution in [2.45, 2.75) is 6.92 Å². The smallest absolute Gasteiger partial charge is 0.343 e. The van der Waals surface area contributed by atoms with E-state index in [1.165, 1.54) is 24.3 Å². The molecule has 0 bridgehead atoms. The minimum absolute atomic E-state index is 0.0888. The van der Waals surface area contributed by atoms with Gasteiger partial charge in [-0.05, 0) is 73.2 Å². The Morgan fingerprint density at radius 2 is 1.67 bits per heavy atom. The van der Waals surface area contributed by atoms with Crippen LogP contribution in [0.2, 0.25) is 0 Å².